The molecule has 0 spiro atoms. The summed E-state index contributed by atoms with van der Waals surface area (Å²) in [6.45, 7) is 0. The van der Waals surface area contributed by atoms with Gasteiger partial charge in [-0.25, -0.2) is 0 Å². The maximum Gasteiger partial charge on any atom is 0.267 e. The summed E-state index contributed by atoms with van der Waals surface area (Å²) >= 11 is 0. The van der Waals surface area contributed by atoms with Gasteiger partial charge in [-0.15, -0.1) is 0 Å². The molecule has 0 saturated carbocycles. The third kappa shape index (κ3) is 4.59. The first-order chi connectivity index (χ1) is 12.0. The van der Waals surface area contributed by atoms with E-state index in [-0.39, 0.29) is 5.57 Å². The highest BCUT2D eigenvalue weighted by molar-refractivity contribution is 6.07. The summed E-state index contributed by atoms with van der Waals surface area (Å²) in [4.78, 5) is 24.2. The van der Waals surface area contributed by atoms with Crippen molar-refractivity contribution in [1.29, 1.82) is 5.26 Å². The van der Waals surface area contributed by atoms with Gasteiger partial charge in [0.05, 0.1) is 12.8 Å². The lowest BCUT2D eigenvalue weighted by atomic mass is 10.2. The lowest BCUT2D eigenvalue weighted by Crippen LogP contribution is -2.21. The average Bonchev–Trinajstić information content (AvgIpc) is 2.63. The zero-order chi connectivity index (χ0) is 18.2. The van der Waals surface area contributed by atoms with E-state index in [1.165, 1.54) is 7.11 Å². The number of nitriles is 1. The fourth-order valence-corrected chi connectivity index (χ4v) is 1.94. The number of benzene rings is 2. The molecule has 2 rings (SSSR count). The van der Waals surface area contributed by atoms with Gasteiger partial charge in [0.25, 0.3) is 11.8 Å². The Hall–Kier alpha value is -3.79. The maximum atomic E-state index is 12.2. The molecule has 25 heavy (non-hydrogen) atoms. The highest BCUT2D eigenvalue weighted by atomic mass is 16.5. The standard InChI is InChI=1S/C18H16N4O3/c1-25-16-5-3-2-4-15(16)22-18(24)13(10-19)11-21-17(23)12-6-8-14(20)9-7-12/h2-9,11H,20H2,1H3,(H,21,23)(H,22,24)/b13-11-. The summed E-state index contributed by atoms with van der Waals surface area (Å²) in [5, 5.41) is 14.1. The van der Waals surface area contributed by atoms with Gasteiger partial charge in [0.1, 0.15) is 17.4 Å². The van der Waals surface area contributed by atoms with Gasteiger partial charge in [-0.1, -0.05) is 12.1 Å². The number of nitrogens with zero attached hydrogens (tertiary/aromatic N) is 1. The molecule has 0 radical (unpaired) electrons. The number of carbonyl (C=O) groups is 2. The number of nitrogen functional groups attached to an aromatic ring is 1. The van der Waals surface area contributed by atoms with E-state index in [0.29, 0.717) is 22.7 Å². The lowest BCUT2D eigenvalue weighted by Gasteiger charge is -2.09. The van der Waals surface area contributed by atoms with Gasteiger partial charge in [-0.3, -0.25) is 9.59 Å². The number of methoxy groups -OCH3 is 1. The van der Waals surface area contributed by atoms with Crippen molar-refractivity contribution in [3.8, 4) is 11.8 Å². The monoisotopic (exact) mass is 336 g/mol. The topological polar surface area (TPSA) is 117 Å². The van der Waals surface area contributed by atoms with E-state index in [4.69, 9.17) is 15.7 Å². The van der Waals surface area contributed by atoms with Crippen molar-refractivity contribution in [2.24, 2.45) is 0 Å². The third-order valence-corrected chi connectivity index (χ3v) is 3.24. The minimum Gasteiger partial charge on any atom is -0.495 e. The molecule has 0 aliphatic carbocycles. The van der Waals surface area contributed by atoms with Crippen LogP contribution in [0.3, 0.4) is 0 Å². The Morgan fingerprint density at radius 3 is 2.48 bits per heavy atom. The predicted molar refractivity (Wildman–Crippen MR) is 93.6 cm³/mol. The van der Waals surface area contributed by atoms with Crippen molar-refractivity contribution in [3.05, 3.63) is 65.9 Å². The van der Waals surface area contributed by atoms with Crippen LogP contribution in [-0.2, 0) is 4.79 Å². The van der Waals surface area contributed by atoms with Crippen molar-refractivity contribution in [2.45, 2.75) is 0 Å². The van der Waals surface area contributed by atoms with Gasteiger partial charge < -0.3 is 21.1 Å². The van der Waals surface area contributed by atoms with E-state index >= 15 is 0 Å². The number of hydrogen-bond donors (Lipinski definition) is 3. The Kier molecular flexibility index (Phi) is 5.74. The first kappa shape index (κ1) is 17.6. The van der Waals surface area contributed by atoms with Crippen LogP contribution in [0.25, 0.3) is 0 Å². The van der Waals surface area contributed by atoms with Gasteiger partial charge in [-0.05, 0) is 36.4 Å². The Labute approximate surface area is 144 Å². The molecule has 4 N–H and O–H groups in total. The number of para-hydroxylation sites is 2. The summed E-state index contributed by atoms with van der Waals surface area (Å²) in [6, 6.07) is 14.8. The Morgan fingerprint density at radius 2 is 1.84 bits per heavy atom. The van der Waals surface area contributed by atoms with Crippen molar-refractivity contribution in [3.63, 3.8) is 0 Å². The van der Waals surface area contributed by atoms with Crippen LogP contribution >= 0.6 is 0 Å². The minimum absolute atomic E-state index is 0.255. The van der Waals surface area contributed by atoms with E-state index in [0.717, 1.165) is 6.20 Å². The van der Waals surface area contributed by atoms with Crippen LogP contribution in [-0.4, -0.2) is 18.9 Å². The zero-order valence-corrected chi connectivity index (χ0v) is 13.4. The predicted octanol–water partition coefficient (Wildman–Crippen LogP) is 2.05. The van der Waals surface area contributed by atoms with Crippen molar-refractivity contribution >= 4 is 23.2 Å². The lowest BCUT2D eigenvalue weighted by molar-refractivity contribution is -0.112. The number of nitrogens with two attached hydrogens (primary N) is 1. The number of hydrogen-bond acceptors (Lipinski definition) is 5. The molecule has 0 aromatic heterocycles. The smallest absolute Gasteiger partial charge is 0.267 e. The number of ether oxygens (including phenoxy) is 1. The molecule has 0 aliphatic heterocycles. The molecule has 2 amide bonds. The van der Waals surface area contributed by atoms with E-state index in [2.05, 4.69) is 10.6 Å². The molecule has 2 aromatic carbocycles. The van der Waals surface area contributed by atoms with Crippen LogP contribution in [0.15, 0.2) is 60.3 Å². The SMILES string of the molecule is COc1ccccc1NC(=O)/C(C#N)=C\NC(=O)c1ccc(N)cc1. The molecule has 126 valence electrons. The van der Waals surface area contributed by atoms with E-state index < -0.39 is 11.8 Å². The Balaban J connectivity index is 2.09. The molecule has 2 aromatic rings. The Bertz CT molecular complexity index is 851. The minimum atomic E-state index is -0.662. The van der Waals surface area contributed by atoms with Gasteiger partial charge in [0, 0.05) is 17.5 Å². The summed E-state index contributed by atoms with van der Waals surface area (Å²) < 4.78 is 5.13. The zero-order valence-electron chi connectivity index (χ0n) is 13.4. The number of carbonyl (C=O) groups excluding carboxylic acids is 2. The van der Waals surface area contributed by atoms with Gasteiger partial charge in [0.2, 0.25) is 0 Å². The molecule has 0 saturated heterocycles. The fourth-order valence-electron chi connectivity index (χ4n) is 1.94. The van der Waals surface area contributed by atoms with Crippen LogP contribution in [0, 0.1) is 11.3 Å². The molecule has 7 heteroatoms. The van der Waals surface area contributed by atoms with Crippen LogP contribution in [0.1, 0.15) is 10.4 Å². The summed E-state index contributed by atoms with van der Waals surface area (Å²) in [6.07, 6.45) is 1.06. The fraction of sp³-hybridized carbons (Fsp3) is 0.0556. The second-order valence-corrected chi connectivity index (χ2v) is 4.92. The summed E-state index contributed by atoms with van der Waals surface area (Å²) in [5.41, 5.74) is 6.60. The highest BCUT2D eigenvalue weighted by Crippen LogP contribution is 2.23. The summed E-state index contributed by atoms with van der Waals surface area (Å²) in [7, 11) is 1.47. The molecule has 7 nitrogen and oxygen atoms in total. The molecule has 0 aliphatic rings. The highest BCUT2D eigenvalue weighted by Gasteiger charge is 2.13. The first-order valence-corrected chi connectivity index (χ1v) is 7.26. The quantitative estimate of drug-likeness (QED) is 0.439. The number of rotatable bonds is 5. The normalized spacial score (nSPS) is 10.5. The summed E-state index contributed by atoms with van der Waals surface area (Å²) in [5.74, 6) is -0.665. The molecular weight excluding hydrogens is 320 g/mol. The number of amides is 2. The second kappa shape index (κ2) is 8.17. The maximum absolute atomic E-state index is 12.2. The molecule has 0 fully saturated rings. The molecule has 0 bridgehead atoms. The number of nitrogens with one attached hydrogen (secondary N) is 2. The van der Waals surface area contributed by atoms with Crippen LogP contribution < -0.4 is 21.1 Å². The van der Waals surface area contributed by atoms with E-state index in [1.54, 1.807) is 54.6 Å². The number of anilines is 2. The first-order valence-electron chi connectivity index (χ1n) is 7.26. The van der Waals surface area contributed by atoms with Crippen LogP contribution in [0.4, 0.5) is 11.4 Å². The van der Waals surface area contributed by atoms with Crippen LogP contribution in [0.5, 0.6) is 5.75 Å². The Morgan fingerprint density at radius 1 is 1.16 bits per heavy atom. The second-order valence-electron chi connectivity index (χ2n) is 4.92. The molecule has 0 unspecified atom stereocenters. The third-order valence-electron chi connectivity index (χ3n) is 3.24. The van der Waals surface area contributed by atoms with Crippen molar-refractivity contribution < 1.29 is 14.3 Å². The molecule has 0 heterocycles. The van der Waals surface area contributed by atoms with Gasteiger partial charge in [-0.2, -0.15) is 5.26 Å². The van der Waals surface area contributed by atoms with Crippen molar-refractivity contribution in [2.75, 3.05) is 18.2 Å². The largest absolute Gasteiger partial charge is 0.495 e. The van der Waals surface area contributed by atoms with Gasteiger partial charge >= 0.3 is 0 Å². The molecule has 0 atom stereocenters. The van der Waals surface area contributed by atoms with Gasteiger partial charge in [0.15, 0.2) is 0 Å². The average molecular weight is 336 g/mol. The van der Waals surface area contributed by atoms with E-state index in [9.17, 15) is 9.59 Å². The van der Waals surface area contributed by atoms with Crippen molar-refractivity contribution in [1.82, 2.24) is 5.32 Å². The molecular formula is C18H16N4O3. The van der Waals surface area contributed by atoms with Crippen LogP contribution in [0.2, 0.25) is 0 Å². The van der Waals surface area contributed by atoms with E-state index in [1.807, 2.05) is 0 Å².